The summed E-state index contributed by atoms with van der Waals surface area (Å²) in [7, 11) is 0. The van der Waals surface area contributed by atoms with Crippen molar-refractivity contribution in [3.05, 3.63) is 36.1 Å². The van der Waals surface area contributed by atoms with Gasteiger partial charge in [-0.2, -0.15) is 0 Å². The van der Waals surface area contributed by atoms with Crippen molar-refractivity contribution in [1.29, 1.82) is 0 Å². The van der Waals surface area contributed by atoms with Crippen LogP contribution in [0, 0.1) is 0 Å². The van der Waals surface area contributed by atoms with Gasteiger partial charge in [0.2, 0.25) is 0 Å². The molecule has 1 aliphatic rings. The average molecular weight is 146 g/mol. The van der Waals surface area contributed by atoms with E-state index in [9.17, 15) is 0 Å². The minimum atomic E-state index is 0.465. The summed E-state index contributed by atoms with van der Waals surface area (Å²) in [6, 6.07) is 5.60. The van der Waals surface area contributed by atoms with E-state index in [1.807, 2.05) is 18.2 Å². The fourth-order valence-electron chi connectivity index (χ4n) is 1.18. The molecule has 0 amide bonds. The molecule has 1 aromatic carbocycles. The first-order chi connectivity index (χ1) is 5.38. The van der Waals surface area contributed by atoms with Crippen molar-refractivity contribution < 1.29 is 4.74 Å². The number of hydrogen-bond acceptors (Lipinski definition) is 1. The molecule has 11 heavy (non-hydrogen) atoms. The van der Waals surface area contributed by atoms with Gasteiger partial charge in [-0.25, -0.2) is 0 Å². The van der Waals surface area contributed by atoms with E-state index in [0.29, 0.717) is 11.4 Å². The smallest absolute Gasteiger partial charge is 0.154 e. The van der Waals surface area contributed by atoms with Crippen molar-refractivity contribution in [2.45, 2.75) is 6.42 Å². The third-order valence-electron chi connectivity index (χ3n) is 1.72. The second kappa shape index (κ2) is 2.31. The normalized spacial score (nSPS) is 13.8. The topological polar surface area (TPSA) is 33.0 Å². The van der Waals surface area contributed by atoms with Crippen molar-refractivity contribution in [3.63, 3.8) is 0 Å². The maximum absolute atomic E-state index is 7.49. The molecule has 0 saturated heterocycles. The Morgan fingerprint density at radius 3 is 3.09 bits per heavy atom. The van der Waals surface area contributed by atoms with Crippen LogP contribution in [0.5, 0.6) is 5.75 Å². The third kappa shape index (κ3) is 0.963. The Morgan fingerprint density at radius 1 is 1.36 bits per heavy atom. The Morgan fingerprint density at radius 2 is 2.27 bits per heavy atom. The lowest BCUT2D eigenvalue weighted by molar-refractivity contribution is 0.466. The Bertz CT molecular complexity index is 304. The molecule has 0 aliphatic carbocycles. The van der Waals surface area contributed by atoms with Crippen LogP contribution in [0.25, 0.3) is 0 Å². The number of benzene rings is 1. The first-order valence-electron chi connectivity index (χ1n) is 3.53. The molecule has 55 valence electrons. The van der Waals surface area contributed by atoms with E-state index in [0.717, 1.165) is 12.0 Å². The van der Waals surface area contributed by atoms with E-state index in [1.165, 1.54) is 0 Å². The number of para-hydroxylation sites is 1. The van der Waals surface area contributed by atoms with Crippen LogP contribution < -0.4 is 10.5 Å². The van der Waals surface area contributed by atoms with Crippen LogP contribution in [0.1, 0.15) is 5.56 Å². The molecule has 0 aromatic heterocycles. The predicted molar refractivity (Wildman–Crippen MR) is 42.7 cm³/mol. The number of nitrogens with one attached hydrogen (secondary N) is 1. The van der Waals surface area contributed by atoms with Crippen LogP contribution in [0.15, 0.2) is 30.5 Å². The molecule has 2 nitrogen and oxygen atoms in total. The number of hydrogen-bond donors (Lipinski definition) is 0. The second-order valence-corrected chi connectivity index (χ2v) is 2.49. The van der Waals surface area contributed by atoms with Crippen LogP contribution in [0.3, 0.4) is 0 Å². The van der Waals surface area contributed by atoms with Gasteiger partial charge in [0.15, 0.2) is 5.75 Å². The van der Waals surface area contributed by atoms with Crippen molar-refractivity contribution in [1.82, 2.24) is 5.73 Å². The lowest BCUT2D eigenvalue weighted by Crippen LogP contribution is -1.96. The van der Waals surface area contributed by atoms with Gasteiger partial charge in [0, 0.05) is 5.56 Å². The number of ether oxygens (including phenoxy) is 1. The van der Waals surface area contributed by atoms with Crippen molar-refractivity contribution in [3.8, 4) is 5.75 Å². The Balaban J connectivity index is 2.54. The molecule has 1 aliphatic heterocycles. The summed E-state index contributed by atoms with van der Waals surface area (Å²) < 4.78 is 5.19. The van der Waals surface area contributed by atoms with Crippen molar-refractivity contribution in [2.24, 2.45) is 0 Å². The number of fused-ring (bicyclic) bond motifs is 1. The van der Waals surface area contributed by atoms with Gasteiger partial charge in [0.05, 0.1) is 11.9 Å². The van der Waals surface area contributed by atoms with E-state index in [1.54, 1.807) is 12.3 Å². The summed E-state index contributed by atoms with van der Waals surface area (Å²) in [6.45, 7) is 0. The van der Waals surface area contributed by atoms with Gasteiger partial charge in [-0.05, 0) is 18.6 Å². The number of allylic oxidation sites excluding steroid dienone is 1. The lowest BCUT2D eigenvalue weighted by Gasteiger charge is -2.12. The summed E-state index contributed by atoms with van der Waals surface area (Å²) in [5.74, 6) is 0.704. The molecule has 0 spiro atoms. The first-order valence-corrected chi connectivity index (χ1v) is 3.53. The highest BCUT2D eigenvalue weighted by Gasteiger charge is 2.08. The maximum Gasteiger partial charge on any atom is 0.154 e. The molecule has 1 aromatic rings. The molecule has 0 bridgehead atoms. The lowest BCUT2D eigenvalue weighted by atomic mass is 10.1. The Kier molecular flexibility index (Phi) is 1.32. The maximum atomic E-state index is 7.49. The SMILES string of the molecule is [NH]c1cccc2c1OC=CC2. The summed E-state index contributed by atoms with van der Waals surface area (Å²) in [5, 5.41) is 0. The fourth-order valence-corrected chi connectivity index (χ4v) is 1.18. The van der Waals surface area contributed by atoms with E-state index in [-0.39, 0.29) is 0 Å². The molecular formula is C9H8NO. The predicted octanol–water partition coefficient (Wildman–Crippen LogP) is 2.05. The molecule has 0 saturated carbocycles. The zero-order valence-corrected chi connectivity index (χ0v) is 6.00. The fraction of sp³-hybridized carbons (Fsp3) is 0.111. The molecule has 0 fully saturated rings. The average Bonchev–Trinajstić information content (AvgIpc) is 2.06. The summed E-state index contributed by atoms with van der Waals surface area (Å²) in [6.07, 6.45) is 4.46. The zero-order valence-electron chi connectivity index (χ0n) is 6.00. The minimum Gasteiger partial charge on any atom is -0.463 e. The van der Waals surface area contributed by atoms with E-state index in [2.05, 4.69) is 0 Å². The van der Waals surface area contributed by atoms with Crippen LogP contribution in [-0.4, -0.2) is 0 Å². The quantitative estimate of drug-likeness (QED) is 0.551. The van der Waals surface area contributed by atoms with Gasteiger partial charge in [-0.1, -0.05) is 12.1 Å². The second-order valence-electron chi connectivity index (χ2n) is 2.49. The monoisotopic (exact) mass is 146 g/mol. The largest absolute Gasteiger partial charge is 0.463 e. The van der Waals surface area contributed by atoms with Crippen LogP contribution in [0.4, 0.5) is 5.69 Å². The van der Waals surface area contributed by atoms with Gasteiger partial charge >= 0.3 is 0 Å². The summed E-state index contributed by atoms with van der Waals surface area (Å²) >= 11 is 0. The zero-order chi connectivity index (χ0) is 7.68. The third-order valence-corrected chi connectivity index (χ3v) is 1.72. The standard InChI is InChI=1S/C9H8NO/c10-8-5-1-3-7-4-2-6-11-9(7)8/h1-3,5-6,10H,4H2. The Hall–Kier alpha value is -1.44. The van der Waals surface area contributed by atoms with Gasteiger partial charge in [0.25, 0.3) is 0 Å². The van der Waals surface area contributed by atoms with Crippen molar-refractivity contribution in [2.75, 3.05) is 0 Å². The van der Waals surface area contributed by atoms with Crippen molar-refractivity contribution >= 4 is 5.69 Å². The molecule has 0 unspecified atom stereocenters. The number of rotatable bonds is 0. The summed E-state index contributed by atoms with van der Waals surface area (Å²) in [5.41, 5.74) is 9.05. The Labute approximate surface area is 65.3 Å². The van der Waals surface area contributed by atoms with E-state index in [4.69, 9.17) is 10.5 Å². The van der Waals surface area contributed by atoms with Gasteiger partial charge in [-0.15, -0.1) is 0 Å². The van der Waals surface area contributed by atoms with Crippen LogP contribution >= 0.6 is 0 Å². The first kappa shape index (κ1) is 6.28. The molecule has 1 heterocycles. The minimum absolute atomic E-state index is 0.465. The van der Waals surface area contributed by atoms with E-state index >= 15 is 0 Å². The summed E-state index contributed by atoms with van der Waals surface area (Å²) in [4.78, 5) is 0. The molecule has 1 N–H and O–H groups in total. The van der Waals surface area contributed by atoms with Crippen LogP contribution in [-0.2, 0) is 6.42 Å². The molecular weight excluding hydrogens is 138 g/mol. The van der Waals surface area contributed by atoms with Gasteiger partial charge in [-0.3, -0.25) is 5.73 Å². The van der Waals surface area contributed by atoms with Crippen LogP contribution in [0.2, 0.25) is 0 Å². The van der Waals surface area contributed by atoms with Gasteiger partial charge < -0.3 is 4.74 Å². The van der Waals surface area contributed by atoms with Gasteiger partial charge in [0.1, 0.15) is 0 Å². The molecule has 2 rings (SSSR count). The molecule has 1 radical (unpaired) electrons. The van der Waals surface area contributed by atoms with E-state index < -0.39 is 0 Å². The highest BCUT2D eigenvalue weighted by Crippen LogP contribution is 2.30. The highest BCUT2D eigenvalue weighted by molar-refractivity contribution is 5.55. The molecule has 2 heteroatoms. The highest BCUT2D eigenvalue weighted by atomic mass is 16.5. The molecule has 0 atom stereocenters.